The summed E-state index contributed by atoms with van der Waals surface area (Å²) in [4.78, 5) is 12.1. The van der Waals surface area contributed by atoms with Gasteiger partial charge in [0.1, 0.15) is 11.4 Å². The van der Waals surface area contributed by atoms with Crippen LogP contribution in [0.5, 0.6) is 5.75 Å². The number of amides is 1. The molecule has 0 fully saturated rings. The van der Waals surface area contributed by atoms with Gasteiger partial charge in [-0.2, -0.15) is 5.10 Å². The number of hydrogen-bond acceptors (Lipinski definition) is 3. The number of hydrogen-bond donors (Lipinski definition) is 2. The Hall–Kier alpha value is -3.52. The monoisotopic (exact) mass is 331 g/mol. The van der Waals surface area contributed by atoms with Crippen LogP contribution in [0.4, 0.5) is 0 Å². The highest BCUT2D eigenvalue weighted by Gasteiger charge is 2.09. The van der Waals surface area contributed by atoms with Gasteiger partial charge in [0, 0.05) is 5.56 Å². The number of H-pyrrole nitrogens is 1. The van der Waals surface area contributed by atoms with Gasteiger partial charge in [0.15, 0.2) is 0 Å². The molecule has 1 amide bonds. The molecule has 0 atom stereocenters. The zero-order valence-corrected chi connectivity index (χ0v) is 13.7. The van der Waals surface area contributed by atoms with Crippen LogP contribution >= 0.6 is 0 Å². The quantitative estimate of drug-likeness (QED) is 0.723. The first kappa shape index (κ1) is 16.3. The van der Waals surface area contributed by atoms with E-state index in [-0.39, 0.29) is 12.5 Å². The largest absolute Gasteiger partial charge is 0.495 e. The maximum absolute atomic E-state index is 12.1. The van der Waals surface area contributed by atoms with Crippen LogP contribution in [-0.4, -0.2) is 29.8 Å². The molecule has 0 spiro atoms. The molecule has 0 unspecified atom stereocenters. The molecule has 3 rings (SSSR count). The number of methoxy groups -OCH3 is 1. The summed E-state index contributed by atoms with van der Waals surface area (Å²) in [6, 6.07) is 18.9. The van der Waals surface area contributed by atoms with Crippen molar-refractivity contribution in [1.82, 2.24) is 15.5 Å². The van der Waals surface area contributed by atoms with Gasteiger partial charge in [0.05, 0.1) is 24.9 Å². The Morgan fingerprint density at radius 2 is 1.92 bits per heavy atom. The Labute approximate surface area is 146 Å². The Morgan fingerprint density at radius 3 is 2.72 bits per heavy atom. The molecule has 5 heteroatoms. The van der Waals surface area contributed by atoms with Crippen LogP contribution < -0.4 is 10.1 Å². The summed E-state index contributed by atoms with van der Waals surface area (Å²) in [5, 5.41) is 9.67. The van der Waals surface area contributed by atoms with Crippen molar-refractivity contribution in [2.45, 2.75) is 0 Å². The number of nitrogens with one attached hydrogen (secondary N) is 2. The highest BCUT2D eigenvalue weighted by Crippen LogP contribution is 2.17. The molecule has 0 bridgehead atoms. The number of ether oxygens (including phenoxy) is 1. The van der Waals surface area contributed by atoms with Crippen LogP contribution in [0.1, 0.15) is 16.1 Å². The van der Waals surface area contributed by atoms with Crippen LogP contribution in [-0.2, 0) is 0 Å². The molecule has 0 aliphatic rings. The first-order valence-corrected chi connectivity index (χ1v) is 7.79. The fourth-order valence-electron chi connectivity index (χ4n) is 2.30. The lowest BCUT2D eigenvalue weighted by molar-refractivity contribution is 0.0953. The second kappa shape index (κ2) is 7.84. The Bertz CT molecular complexity index is 921. The van der Waals surface area contributed by atoms with Gasteiger partial charge in [-0.05, 0) is 18.2 Å². The standard InChI is InChI=1S/C20H17N3O2/c1-25-19-12-6-5-10-16(19)11-7-13-21-20(24)18-14-17(22-23-18)15-8-3-2-4-9-15/h2-6,8-10,12,14H,13H2,1H3,(H,21,24)(H,22,23). The Kier molecular flexibility index (Phi) is 5.13. The van der Waals surface area contributed by atoms with Crippen molar-refractivity contribution in [3.8, 4) is 28.8 Å². The first-order valence-electron chi connectivity index (χ1n) is 7.79. The van der Waals surface area contributed by atoms with Crippen molar-refractivity contribution in [3.05, 3.63) is 71.9 Å². The van der Waals surface area contributed by atoms with Gasteiger partial charge in [-0.15, -0.1) is 0 Å². The number of carbonyl (C=O) groups is 1. The van der Waals surface area contributed by atoms with Gasteiger partial charge < -0.3 is 10.1 Å². The number of aromatic nitrogens is 2. The maximum atomic E-state index is 12.1. The second-order valence-electron chi connectivity index (χ2n) is 5.22. The fourth-order valence-corrected chi connectivity index (χ4v) is 2.30. The van der Waals surface area contributed by atoms with Gasteiger partial charge in [-0.1, -0.05) is 54.3 Å². The highest BCUT2D eigenvalue weighted by molar-refractivity contribution is 5.93. The lowest BCUT2D eigenvalue weighted by atomic mass is 10.1. The van der Waals surface area contributed by atoms with E-state index in [9.17, 15) is 4.79 Å². The minimum absolute atomic E-state index is 0.233. The maximum Gasteiger partial charge on any atom is 0.270 e. The smallest absolute Gasteiger partial charge is 0.270 e. The topological polar surface area (TPSA) is 67.0 Å². The third-order valence-electron chi connectivity index (χ3n) is 3.56. The summed E-state index contributed by atoms with van der Waals surface area (Å²) in [6.45, 7) is 0.233. The van der Waals surface area contributed by atoms with Crippen LogP contribution in [0.15, 0.2) is 60.7 Å². The molecule has 0 aliphatic heterocycles. The van der Waals surface area contributed by atoms with Gasteiger partial charge in [-0.3, -0.25) is 9.89 Å². The normalized spacial score (nSPS) is 9.80. The molecule has 2 N–H and O–H groups in total. The number of para-hydroxylation sites is 1. The summed E-state index contributed by atoms with van der Waals surface area (Å²) >= 11 is 0. The summed E-state index contributed by atoms with van der Waals surface area (Å²) in [7, 11) is 1.60. The lowest BCUT2D eigenvalue weighted by Gasteiger charge is -2.01. The Balaban J connectivity index is 1.61. The number of aromatic amines is 1. The van der Waals surface area contributed by atoms with E-state index in [2.05, 4.69) is 27.4 Å². The summed E-state index contributed by atoms with van der Waals surface area (Å²) in [5.41, 5.74) is 2.87. The lowest BCUT2D eigenvalue weighted by Crippen LogP contribution is -2.23. The molecule has 0 aliphatic carbocycles. The van der Waals surface area contributed by atoms with Crippen LogP contribution in [0.2, 0.25) is 0 Å². The average molecular weight is 331 g/mol. The van der Waals surface area contributed by atoms with E-state index >= 15 is 0 Å². The van der Waals surface area contributed by atoms with Crippen molar-refractivity contribution < 1.29 is 9.53 Å². The van der Waals surface area contributed by atoms with Crippen molar-refractivity contribution in [1.29, 1.82) is 0 Å². The van der Waals surface area contributed by atoms with E-state index in [1.165, 1.54) is 0 Å². The van der Waals surface area contributed by atoms with E-state index in [4.69, 9.17) is 4.74 Å². The summed E-state index contributed by atoms with van der Waals surface area (Å²) in [6.07, 6.45) is 0. The van der Waals surface area contributed by atoms with Crippen molar-refractivity contribution in [3.63, 3.8) is 0 Å². The first-order chi connectivity index (χ1) is 12.3. The van der Waals surface area contributed by atoms with Crippen LogP contribution in [0.25, 0.3) is 11.3 Å². The molecule has 5 nitrogen and oxygen atoms in total. The molecule has 2 aromatic carbocycles. The predicted molar refractivity (Wildman–Crippen MR) is 96.2 cm³/mol. The minimum Gasteiger partial charge on any atom is -0.495 e. The molecular weight excluding hydrogens is 314 g/mol. The van der Waals surface area contributed by atoms with E-state index in [0.29, 0.717) is 11.4 Å². The third kappa shape index (κ3) is 4.06. The molecular formula is C20H17N3O2. The molecule has 1 aromatic heterocycles. The molecule has 124 valence electrons. The van der Waals surface area contributed by atoms with Gasteiger partial charge in [-0.25, -0.2) is 0 Å². The molecule has 25 heavy (non-hydrogen) atoms. The van der Waals surface area contributed by atoms with Gasteiger partial charge in [0.2, 0.25) is 0 Å². The zero-order chi connectivity index (χ0) is 17.5. The molecule has 0 radical (unpaired) electrons. The van der Waals surface area contributed by atoms with E-state index in [0.717, 1.165) is 16.8 Å². The third-order valence-corrected chi connectivity index (χ3v) is 3.56. The van der Waals surface area contributed by atoms with Crippen molar-refractivity contribution in [2.75, 3.05) is 13.7 Å². The fraction of sp³-hybridized carbons (Fsp3) is 0.100. The zero-order valence-electron chi connectivity index (χ0n) is 13.7. The molecule has 1 heterocycles. The minimum atomic E-state index is -0.246. The summed E-state index contributed by atoms with van der Waals surface area (Å²) < 4.78 is 5.23. The number of carbonyl (C=O) groups excluding carboxylic acids is 1. The van der Waals surface area contributed by atoms with Gasteiger partial charge >= 0.3 is 0 Å². The predicted octanol–water partition coefficient (Wildman–Crippen LogP) is 2.87. The van der Waals surface area contributed by atoms with Crippen LogP contribution in [0, 0.1) is 11.8 Å². The van der Waals surface area contributed by atoms with Crippen molar-refractivity contribution in [2.24, 2.45) is 0 Å². The number of nitrogens with zero attached hydrogens (tertiary/aromatic N) is 1. The van der Waals surface area contributed by atoms with Gasteiger partial charge in [0.25, 0.3) is 5.91 Å². The number of rotatable bonds is 4. The highest BCUT2D eigenvalue weighted by atomic mass is 16.5. The molecule has 0 saturated carbocycles. The molecule has 0 saturated heterocycles. The summed E-state index contributed by atoms with van der Waals surface area (Å²) in [5.74, 6) is 6.37. The SMILES string of the molecule is COc1ccccc1C#CCNC(=O)c1cc(-c2ccccc2)n[nH]1. The van der Waals surface area contributed by atoms with E-state index in [1.54, 1.807) is 13.2 Å². The second-order valence-corrected chi connectivity index (χ2v) is 5.22. The van der Waals surface area contributed by atoms with Crippen LogP contribution in [0.3, 0.4) is 0 Å². The number of benzene rings is 2. The van der Waals surface area contributed by atoms with E-state index in [1.807, 2.05) is 54.6 Å². The Morgan fingerprint density at radius 1 is 1.16 bits per heavy atom. The van der Waals surface area contributed by atoms with E-state index < -0.39 is 0 Å². The van der Waals surface area contributed by atoms with Crippen molar-refractivity contribution >= 4 is 5.91 Å². The average Bonchev–Trinajstić information content (AvgIpc) is 3.16. The molecule has 3 aromatic rings.